The Morgan fingerprint density at radius 3 is 2.61 bits per heavy atom. The van der Waals surface area contributed by atoms with Crippen LogP contribution in [0.25, 0.3) is 0 Å². The first-order valence-electron chi connectivity index (χ1n) is 6.53. The maximum Gasteiger partial charge on any atom is 0.306 e. The second-order valence-corrected chi connectivity index (χ2v) is 5.00. The number of hydrogen-bond acceptors (Lipinski definition) is 3. The summed E-state index contributed by atoms with van der Waals surface area (Å²) in [7, 11) is 3.42. The molecular formula is C13H23NO4. The van der Waals surface area contributed by atoms with Crippen molar-refractivity contribution in [2.45, 2.75) is 32.1 Å². The number of hydrogen-bond donors (Lipinski definition) is 1. The number of carbonyl (C=O) groups excluding carboxylic acids is 1. The van der Waals surface area contributed by atoms with Crippen molar-refractivity contribution in [2.24, 2.45) is 11.8 Å². The van der Waals surface area contributed by atoms with E-state index in [0.717, 1.165) is 19.3 Å². The Bertz CT molecular complexity index is 293. The second-order valence-electron chi connectivity index (χ2n) is 5.00. The Labute approximate surface area is 108 Å². The van der Waals surface area contributed by atoms with Crippen molar-refractivity contribution < 1.29 is 19.4 Å². The molecule has 1 aliphatic carbocycles. The van der Waals surface area contributed by atoms with E-state index in [4.69, 9.17) is 9.84 Å². The van der Waals surface area contributed by atoms with Crippen molar-refractivity contribution in [3.63, 3.8) is 0 Å². The summed E-state index contributed by atoms with van der Waals surface area (Å²) in [6.07, 6.45) is 3.65. The Balaban J connectivity index is 2.42. The molecule has 0 spiro atoms. The van der Waals surface area contributed by atoms with E-state index in [1.807, 2.05) is 0 Å². The highest BCUT2D eigenvalue weighted by atomic mass is 16.5. The predicted octanol–water partition coefficient (Wildman–Crippen LogP) is 1.37. The normalized spacial score (nSPS) is 23.7. The summed E-state index contributed by atoms with van der Waals surface area (Å²) in [6, 6.07) is 0. The monoisotopic (exact) mass is 257 g/mol. The van der Waals surface area contributed by atoms with E-state index in [1.54, 1.807) is 19.1 Å². The van der Waals surface area contributed by atoms with E-state index in [2.05, 4.69) is 0 Å². The molecule has 5 nitrogen and oxygen atoms in total. The number of carboxylic acids is 1. The van der Waals surface area contributed by atoms with Gasteiger partial charge < -0.3 is 14.7 Å². The van der Waals surface area contributed by atoms with Crippen LogP contribution in [0.4, 0.5) is 0 Å². The molecule has 2 atom stereocenters. The van der Waals surface area contributed by atoms with Gasteiger partial charge in [-0.25, -0.2) is 0 Å². The predicted molar refractivity (Wildman–Crippen MR) is 67.2 cm³/mol. The fourth-order valence-electron chi connectivity index (χ4n) is 2.51. The molecule has 0 aromatic heterocycles. The Hall–Kier alpha value is -1.10. The van der Waals surface area contributed by atoms with Crippen LogP contribution in [0.1, 0.15) is 32.1 Å². The van der Waals surface area contributed by atoms with E-state index in [0.29, 0.717) is 26.0 Å². The summed E-state index contributed by atoms with van der Waals surface area (Å²) in [5.41, 5.74) is 0. The fourth-order valence-corrected chi connectivity index (χ4v) is 2.51. The van der Waals surface area contributed by atoms with E-state index < -0.39 is 5.97 Å². The molecule has 0 aliphatic heterocycles. The Morgan fingerprint density at radius 2 is 2.00 bits per heavy atom. The van der Waals surface area contributed by atoms with Crippen LogP contribution in [0.3, 0.4) is 0 Å². The minimum absolute atomic E-state index is 0.0806. The Morgan fingerprint density at radius 1 is 1.33 bits per heavy atom. The SMILES string of the molecule is COCCCN(C)C(=O)[C@@H]1CCC[C@@H](C(=O)O)C1. The molecule has 0 aromatic rings. The van der Waals surface area contributed by atoms with Crippen molar-refractivity contribution in [1.82, 2.24) is 4.90 Å². The molecule has 5 heteroatoms. The van der Waals surface area contributed by atoms with E-state index >= 15 is 0 Å². The van der Waals surface area contributed by atoms with Crippen LogP contribution >= 0.6 is 0 Å². The topological polar surface area (TPSA) is 66.8 Å². The highest BCUT2D eigenvalue weighted by molar-refractivity contribution is 5.80. The molecule has 0 bridgehead atoms. The van der Waals surface area contributed by atoms with Crippen molar-refractivity contribution in [1.29, 1.82) is 0 Å². The molecule has 0 heterocycles. The van der Waals surface area contributed by atoms with Crippen LogP contribution in [0.2, 0.25) is 0 Å². The molecule has 0 saturated heterocycles. The number of nitrogens with zero attached hydrogens (tertiary/aromatic N) is 1. The quantitative estimate of drug-likeness (QED) is 0.730. The number of ether oxygens (including phenoxy) is 1. The first-order valence-corrected chi connectivity index (χ1v) is 6.53. The maximum absolute atomic E-state index is 12.2. The van der Waals surface area contributed by atoms with Crippen LogP contribution in [0, 0.1) is 11.8 Å². The van der Waals surface area contributed by atoms with Gasteiger partial charge in [-0.05, 0) is 25.7 Å². The average molecular weight is 257 g/mol. The van der Waals surface area contributed by atoms with Gasteiger partial charge in [0.2, 0.25) is 5.91 Å². The summed E-state index contributed by atoms with van der Waals surface area (Å²) in [4.78, 5) is 24.8. The molecule has 1 N–H and O–H groups in total. The van der Waals surface area contributed by atoms with Crippen LogP contribution < -0.4 is 0 Å². The third-order valence-corrected chi connectivity index (χ3v) is 3.59. The van der Waals surface area contributed by atoms with Gasteiger partial charge in [0, 0.05) is 33.2 Å². The molecular weight excluding hydrogens is 234 g/mol. The molecule has 1 fully saturated rings. The summed E-state index contributed by atoms with van der Waals surface area (Å²) in [6.45, 7) is 1.31. The van der Waals surface area contributed by atoms with E-state index in [-0.39, 0.29) is 17.7 Å². The smallest absolute Gasteiger partial charge is 0.306 e. The van der Waals surface area contributed by atoms with Gasteiger partial charge in [0.1, 0.15) is 0 Å². The molecule has 0 radical (unpaired) electrons. The summed E-state index contributed by atoms with van der Waals surface area (Å²) in [5, 5.41) is 9.01. The molecule has 18 heavy (non-hydrogen) atoms. The lowest BCUT2D eigenvalue weighted by Gasteiger charge is -2.29. The van der Waals surface area contributed by atoms with E-state index in [9.17, 15) is 9.59 Å². The van der Waals surface area contributed by atoms with Gasteiger partial charge in [-0.15, -0.1) is 0 Å². The third-order valence-electron chi connectivity index (χ3n) is 3.59. The van der Waals surface area contributed by atoms with Crippen molar-refractivity contribution in [3.05, 3.63) is 0 Å². The number of carbonyl (C=O) groups is 2. The zero-order chi connectivity index (χ0) is 13.5. The number of carboxylic acid groups (broad SMARTS) is 1. The van der Waals surface area contributed by atoms with E-state index in [1.165, 1.54) is 0 Å². The van der Waals surface area contributed by atoms with Gasteiger partial charge in [0.05, 0.1) is 5.92 Å². The molecule has 0 unspecified atom stereocenters. The number of rotatable bonds is 6. The molecule has 104 valence electrons. The van der Waals surface area contributed by atoms with Gasteiger partial charge in [0.15, 0.2) is 0 Å². The lowest BCUT2D eigenvalue weighted by atomic mass is 9.81. The average Bonchev–Trinajstić information content (AvgIpc) is 2.38. The highest BCUT2D eigenvalue weighted by Gasteiger charge is 2.32. The zero-order valence-electron chi connectivity index (χ0n) is 11.2. The standard InChI is InChI=1S/C13H23NO4/c1-14(7-4-8-18-2)12(15)10-5-3-6-11(9-10)13(16)17/h10-11H,3-9H2,1-2H3,(H,16,17)/t10-,11-/m1/s1. The highest BCUT2D eigenvalue weighted by Crippen LogP contribution is 2.30. The first kappa shape index (κ1) is 15.0. The van der Waals surface area contributed by atoms with Crippen molar-refractivity contribution >= 4 is 11.9 Å². The third kappa shape index (κ3) is 4.29. The maximum atomic E-state index is 12.2. The summed E-state index contributed by atoms with van der Waals surface area (Å²) >= 11 is 0. The number of aliphatic carboxylic acids is 1. The first-order chi connectivity index (χ1) is 8.56. The Kier molecular flexibility index (Phi) is 6.12. The van der Waals surface area contributed by atoms with Gasteiger partial charge >= 0.3 is 5.97 Å². The largest absolute Gasteiger partial charge is 0.481 e. The summed E-state index contributed by atoms with van der Waals surface area (Å²) < 4.78 is 4.95. The van der Waals surface area contributed by atoms with Crippen LogP contribution in [-0.2, 0) is 14.3 Å². The minimum Gasteiger partial charge on any atom is -0.481 e. The molecule has 1 amide bonds. The molecule has 1 aliphatic rings. The summed E-state index contributed by atoms with van der Waals surface area (Å²) in [5.74, 6) is -1.15. The van der Waals surface area contributed by atoms with Crippen LogP contribution in [0.15, 0.2) is 0 Å². The van der Waals surface area contributed by atoms with Crippen LogP contribution in [-0.4, -0.2) is 49.2 Å². The van der Waals surface area contributed by atoms with Crippen LogP contribution in [0.5, 0.6) is 0 Å². The number of amides is 1. The fraction of sp³-hybridized carbons (Fsp3) is 0.846. The van der Waals surface area contributed by atoms with Gasteiger partial charge in [-0.2, -0.15) is 0 Å². The van der Waals surface area contributed by atoms with Crippen molar-refractivity contribution in [3.8, 4) is 0 Å². The second kappa shape index (κ2) is 7.36. The van der Waals surface area contributed by atoms with Gasteiger partial charge in [-0.3, -0.25) is 9.59 Å². The molecule has 1 saturated carbocycles. The number of methoxy groups -OCH3 is 1. The lowest BCUT2D eigenvalue weighted by Crippen LogP contribution is -2.37. The zero-order valence-corrected chi connectivity index (χ0v) is 11.2. The minimum atomic E-state index is -0.769. The lowest BCUT2D eigenvalue weighted by molar-refractivity contribution is -0.145. The van der Waals surface area contributed by atoms with Gasteiger partial charge in [-0.1, -0.05) is 6.42 Å². The van der Waals surface area contributed by atoms with Crippen molar-refractivity contribution in [2.75, 3.05) is 27.3 Å². The molecule has 0 aromatic carbocycles. The van der Waals surface area contributed by atoms with Gasteiger partial charge in [0.25, 0.3) is 0 Å². The molecule has 1 rings (SSSR count).